The molecule has 1 aliphatic rings. The third-order valence-corrected chi connectivity index (χ3v) is 4.23. The number of piperazine rings is 1. The Kier molecular flexibility index (Phi) is 3.85. The van der Waals surface area contributed by atoms with Gasteiger partial charge in [-0.1, -0.05) is 12.1 Å². The monoisotopic (exact) mass is 278 g/mol. The van der Waals surface area contributed by atoms with Crippen LogP contribution in [0.3, 0.4) is 0 Å². The highest BCUT2D eigenvalue weighted by Crippen LogP contribution is 2.25. The predicted molar refractivity (Wildman–Crippen MR) is 76.3 cm³/mol. The topological polar surface area (TPSA) is 49.4 Å². The number of hydrogen-bond donors (Lipinski definition) is 1. The Labute approximate surface area is 117 Å². The van der Waals surface area contributed by atoms with Crippen LogP contribution >= 0.6 is 11.8 Å². The van der Waals surface area contributed by atoms with Crippen molar-refractivity contribution in [2.75, 3.05) is 19.3 Å². The Morgan fingerprint density at radius 2 is 2.05 bits per heavy atom. The van der Waals surface area contributed by atoms with Crippen molar-refractivity contribution >= 4 is 23.6 Å². The molecule has 2 rings (SSSR count). The fourth-order valence-electron chi connectivity index (χ4n) is 2.22. The minimum atomic E-state index is -0.805. The van der Waals surface area contributed by atoms with E-state index in [4.69, 9.17) is 0 Å². The molecule has 1 heterocycles. The van der Waals surface area contributed by atoms with Gasteiger partial charge in [0.25, 0.3) is 5.91 Å². The average molecular weight is 278 g/mol. The first-order valence-corrected chi connectivity index (χ1v) is 7.44. The van der Waals surface area contributed by atoms with Crippen LogP contribution in [-0.2, 0) is 4.79 Å². The van der Waals surface area contributed by atoms with Gasteiger partial charge in [-0.25, -0.2) is 0 Å². The van der Waals surface area contributed by atoms with Crippen LogP contribution in [0.15, 0.2) is 29.2 Å². The molecule has 0 unspecified atom stereocenters. The molecule has 1 saturated heterocycles. The highest BCUT2D eigenvalue weighted by atomic mass is 32.2. The Morgan fingerprint density at radius 1 is 1.37 bits per heavy atom. The first-order valence-electron chi connectivity index (χ1n) is 6.21. The first-order chi connectivity index (χ1) is 8.98. The van der Waals surface area contributed by atoms with Crippen molar-refractivity contribution in [1.29, 1.82) is 0 Å². The van der Waals surface area contributed by atoms with Gasteiger partial charge >= 0.3 is 0 Å². The van der Waals surface area contributed by atoms with Crippen LogP contribution < -0.4 is 5.32 Å². The molecule has 0 saturated carbocycles. The number of amides is 2. The van der Waals surface area contributed by atoms with Crippen LogP contribution in [0.5, 0.6) is 0 Å². The molecule has 102 valence electrons. The van der Waals surface area contributed by atoms with Gasteiger partial charge in [-0.05, 0) is 32.2 Å². The van der Waals surface area contributed by atoms with E-state index in [1.54, 1.807) is 30.5 Å². The lowest BCUT2D eigenvalue weighted by Crippen LogP contribution is -2.63. The van der Waals surface area contributed by atoms with Crippen molar-refractivity contribution in [2.24, 2.45) is 0 Å². The molecule has 0 spiro atoms. The summed E-state index contributed by atoms with van der Waals surface area (Å²) in [6, 6.07) is 7.51. The average Bonchev–Trinajstić information content (AvgIpc) is 2.41. The van der Waals surface area contributed by atoms with E-state index in [1.165, 1.54) is 0 Å². The van der Waals surface area contributed by atoms with Gasteiger partial charge in [-0.2, -0.15) is 0 Å². The molecule has 1 aromatic rings. The van der Waals surface area contributed by atoms with Gasteiger partial charge in [0.1, 0.15) is 5.54 Å². The van der Waals surface area contributed by atoms with Gasteiger partial charge < -0.3 is 10.2 Å². The number of thioether (sulfide) groups is 1. The number of nitrogens with zero attached hydrogens (tertiary/aromatic N) is 1. The lowest BCUT2D eigenvalue weighted by molar-refractivity contribution is -0.133. The van der Waals surface area contributed by atoms with Crippen LogP contribution in [-0.4, -0.2) is 41.6 Å². The first kappa shape index (κ1) is 13.9. The third-order valence-electron chi connectivity index (χ3n) is 3.43. The largest absolute Gasteiger partial charge is 0.352 e. The second-order valence-corrected chi connectivity index (χ2v) is 5.82. The number of nitrogens with one attached hydrogen (secondary N) is 1. The van der Waals surface area contributed by atoms with E-state index in [1.807, 2.05) is 30.5 Å². The van der Waals surface area contributed by atoms with Gasteiger partial charge in [0, 0.05) is 18.0 Å². The maximum absolute atomic E-state index is 12.7. The van der Waals surface area contributed by atoms with Crippen LogP contribution in [0.4, 0.5) is 0 Å². The summed E-state index contributed by atoms with van der Waals surface area (Å²) in [5.74, 6) is -0.182. The van der Waals surface area contributed by atoms with E-state index in [0.717, 1.165) is 4.90 Å². The van der Waals surface area contributed by atoms with Gasteiger partial charge in [0.2, 0.25) is 5.91 Å². The normalized spacial score (nSPS) is 18.1. The quantitative estimate of drug-likeness (QED) is 0.839. The minimum absolute atomic E-state index is 0.0789. The molecule has 1 aromatic carbocycles. The summed E-state index contributed by atoms with van der Waals surface area (Å²) in [5.41, 5.74) is -0.140. The Bertz CT molecular complexity index is 514. The second-order valence-electron chi connectivity index (χ2n) is 4.97. The molecular weight excluding hydrogens is 260 g/mol. The van der Waals surface area contributed by atoms with Gasteiger partial charge in [0.05, 0.1) is 5.56 Å². The maximum Gasteiger partial charge on any atom is 0.255 e. The van der Waals surface area contributed by atoms with Crippen LogP contribution in [0.1, 0.15) is 24.2 Å². The second kappa shape index (κ2) is 5.25. The fraction of sp³-hybridized carbons (Fsp3) is 0.429. The molecule has 0 radical (unpaired) electrons. The summed E-state index contributed by atoms with van der Waals surface area (Å²) in [4.78, 5) is 27.2. The molecule has 19 heavy (non-hydrogen) atoms. The zero-order chi connectivity index (χ0) is 14.0. The summed E-state index contributed by atoms with van der Waals surface area (Å²) < 4.78 is 0. The number of benzene rings is 1. The van der Waals surface area contributed by atoms with E-state index in [2.05, 4.69) is 5.32 Å². The molecule has 5 heteroatoms. The van der Waals surface area contributed by atoms with Gasteiger partial charge in [-0.3, -0.25) is 9.59 Å². The lowest BCUT2D eigenvalue weighted by Gasteiger charge is -2.41. The smallest absolute Gasteiger partial charge is 0.255 e. The summed E-state index contributed by atoms with van der Waals surface area (Å²) in [7, 11) is 0. The highest BCUT2D eigenvalue weighted by Gasteiger charge is 2.41. The Hall–Kier alpha value is -1.49. The summed E-state index contributed by atoms with van der Waals surface area (Å²) in [5, 5.41) is 2.80. The molecule has 1 N–H and O–H groups in total. The van der Waals surface area contributed by atoms with Gasteiger partial charge in [0.15, 0.2) is 0 Å². The lowest BCUT2D eigenvalue weighted by atomic mass is 9.97. The van der Waals surface area contributed by atoms with Crippen molar-refractivity contribution in [1.82, 2.24) is 10.2 Å². The number of rotatable bonds is 2. The Morgan fingerprint density at radius 3 is 2.74 bits per heavy atom. The predicted octanol–water partition coefficient (Wildman–Crippen LogP) is 1.76. The van der Waals surface area contributed by atoms with Gasteiger partial charge in [-0.15, -0.1) is 11.8 Å². The molecule has 0 aromatic heterocycles. The standard InChI is InChI=1S/C14H18N2O2S/c1-14(2)13(18)15-8-9-16(14)12(17)10-6-4-5-7-11(10)19-3/h4-7H,8-9H2,1-3H3,(H,15,18). The zero-order valence-corrected chi connectivity index (χ0v) is 12.2. The zero-order valence-electron chi connectivity index (χ0n) is 11.4. The SMILES string of the molecule is CSc1ccccc1C(=O)N1CCNC(=O)C1(C)C. The van der Waals surface area contributed by atoms with E-state index in [0.29, 0.717) is 18.7 Å². The summed E-state index contributed by atoms with van der Waals surface area (Å²) in [6.45, 7) is 4.61. The molecule has 0 atom stereocenters. The van der Waals surface area contributed by atoms with Crippen LogP contribution in [0, 0.1) is 0 Å². The van der Waals surface area contributed by atoms with Crippen molar-refractivity contribution < 1.29 is 9.59 Å². The van der Waals surface area contributed by atoms with E-state index < -0.39 is 5.54 Å². The number of carbonyl (C=O) groups is 2. The summed E-state index contributed by atoms with van der Waals surface area (Å²) in [6.07, 6.45) is 1.94. The summed E-state index contributed by atoms with van der Waals surface area (Å²) >= 11 is 1.54. The van der Waals surface area contributed by atoms with E-state index in [9.17, 15) is 9.59 Å². The number of carbonyl (C=O) groups excluding carboxylic acids is 2. The van der Waals surface area contributed by atoms with Crippen LogP contribution in [0.25, 0.3) is 0 Å². The number of hydrogen-bond acceptors (Lipinski definition) is 3. The highest BCUT2D eigenvalue weighted by molar-refractivity contribution is 7.98. The Balaban J connectivity index is 2.35. The minimum Gasteiger partial charge on any atom is -0.352 e. The molecule has 4 nitrogen and oxygen atoms in total. The van der Waals surface area contributed by atoms with E-state index in [-0.39, 0.29) is 11.8 Å². The van der Waals surface area contributed by atoms with Crippen molar-refractivity contribution in [3.05, 3.63) is 29.8 Å². The van der Waals surface area contributed by atoms with Crippen molar-refractivity contribution in [3.63, 3.8) is 0 Å². The molecule has 1 aliphatic heterocycles. The molecule has 0 bridgehead atoms. The molecule has 1 fully saturated rings. The van der Waals surface area contributed by atoms with Crippen molar-refractivity contribution in [2.45, 2.75) is 24.3 Å². The molecule has 0 aliphatic carbocycles. The van der Waals surface area contributed by atoms with Crippen molar-refractivity contribution in [3.8, 4) is 0 Å². The third kappa shape index (κ3) is 2.47. The molecule has 2 amide bonds. The maximum atomic E-state index is 12.7. The molecular formula is C14H18N2O2S. The van der Waals surface area contributed by atoms with E-state index >= 15 is 0 Å². The van der Waals surface area contributed by atoms with Crippen LogP contribution in [0.2, 0.25) is 0 Å². The fourth-order valence-corrected chi connectivity index (χ4v) is 2.81.